The minimum Gasteiger partial charge on any atom is -0.309 e. The first-order chi connectivity index (χ1) is 11.5. The van der Waals surface area contributed by atoms with Gasteiger partial charge in [0.1, 0.15) is 11.5 Å². The van der Waals surface area contributed by atoms with Crippen molar-refractivity contribution in [3.8, 4) is 0 Å². The SMILES string of the molecule is Cc1ccc(CCC2=N/C(=C/c3ccc(Cl)c(Cl)c3)C(=O)N2)cc1. The van der Waals surface area contributed by atoms with E-state index >= 15 is 0 Å². The molecule has 0 unspecified atom stereocenters. The van der Waals surface area contributed by atoms with Crippen molar-refractivity contribution in [3.05, 3.63) is 74.9 Å². The Morgan fingerprint density at radius 1 is 1.04 bits per heavy atom. The number of amides is 1. The molecule has 0 radical (unpaired) electrons. The number of carbonyl (C=O) groups excluding carboxylic acids is 1. The van der Waals surface area contributed by atoms with Crippen LogP contribution in [0.2, 0.25) is 10.0 Å². The standard InChI is InChI=1S/C19H16Cl2N2O/c1-12-2-4-13(5-3-12)7-9-18-22-17(19(24)23-18)11-14-6-8-15(20)16(21)10-14/h2-6,8,10-11H,7,9H2,1H3,(H,22,23,24)/b17-11+. The smallest absolute Gasteiger partial charge is 0.275 e. The fourth-order valence-electron chi connectivity index (χ4n) is 2.41. The molecule has 2 aromatic carbocycles. The molecule has 3 nitrogen and oxygen atoms in total. The number of amidine groups is 1. The van der Waals surface area contributed by atoms with Crippen LogP contribution in [0.5, 0.6) is 0 Å². The van der Waals surface area contributed by atoms with Crippen LogP contribution in [-0.2, 0) is 11.2 Å². The maximum atomic E-state index is 12.0. The number of nitrogens with one attached hydrogen (secondary N) is 1. The Hall–Kier alpha value is -2.10. The molecular formula is C19H16Cl2N2O. The lowest BCUT2D eigenvalue weighted by molar-refractivity contribution is -0.115. The normalized spacial score (nSPS) is 15.5. The zero-order valence-corrected chi connectivity index (χ0v) is 14.7. The average molecular weight is 359 g/mol. The Balaban J connectivity index is 1.71. The highest BCUT2D eigenvalue weighted by molar-refractivity contribution is 6.42. The summed E-state index contributed by atoms with van der Waals surface area (Å²) >= 11 is 11.9. The molecule has 1 heterocycles. The van der Waals surface area contributed by atoms with Crippen LogP contribution in [0.1, 0.15) is 23.1 Å². The molecule has 1 N–H and O–H groups in total. The molecule has 0 saturated carbocycles. The van der Waals surface area contributed by atoms with Crippen LogP contribution in [0.3, 0.4) is 0 Å². The minimum atomic E-state index is -0.194. The Morgan fingerprint density at radius 3 is 2.50 bits per heavy atom. The number of aliphatic imine (C=N–C) groups is 1. The highest BCUT2D eigenvalue weighted by Gasteiger charge is 2.19. The number of halogens is 2. The fourth-order valence-corrected chi connectivity index (χ4v) is 2.72. The van der Waals surface area contributed by atoms with E-state index in [0.717, 1.165) is 12.0 Å². The van der Waals surface area contributed by atoms with Gasteiger partial charge in [-0.3, -0.25) is 4.79 Å². The average Bonchev–Trinajstić information content (AvgIpc) is 2.90. The maximum absolute atomic E-state index is 12.0. The molecule has 0 spiro atoms. The van der Waals surface area contributed by atoms with Gasteiger partial charge in [0.2, 0.25) is 0 Å². The van der Waals surface area contributed by atoms with E-state index in [1.54, 1.807) is 24.3 Å². The number of hydrogen-bond donors (Lipinski definition) is 1. The number of benzene rings is 2. The van der Waals surface area contributed by atoms with Gasteiger partial charge in [-0.05, 0) is 42.7 Å². The molecule has 1 amide bonds. The van der Waals surface area contributed by atoms with Gasteiger partial charge in [0.25, 0.3) is 5.91 Å². The van der Waals surface area contributed by atoms with Crippen LogP contribution < -0.4 is 5.32 Å². The van der Waals surface area contributed by atoms with Gasteiger partial charge in [-0.1, -0.05) is 59.1 Å². The first-order valence-corrected chi connectivity index (χ1v) is 8.38. The Morgan fingerprint density at radius 2 is 1.79 bits per heavy atom. The summed E-state index contributed by atoms with van der Waals surface area (Å²) in [4.78, 5) is 16.4. The van der Waals surface area contributed by atoms with Crippen LogP contribution in [-0.4, -0.2) is 11.7 Å². The van der Waals surface area contributed by atoms with Gasteiger partial charge in [0, 0.05) is 6.42 Å². The van der Waals surface area contributed by atoms with Crippen LogP contribution >= 0.6 is 23.2 Å². The quantitative estimate of drug-likeness (QED) is 0.783. The molecule has 5 heteroatoms. The molecule has 0 bridgehead atoms. The summed E-state index contributed by atoms with van der Waals surface area (Å²) < 4.78 is 0. The van der Waals surface area contributed by atoms with Gasteiger partial charge < -0.3 is 5.32 Å². The molecule has 0 fully saturated rings. The predicted molar refractivity (Wildman–Crippen MR) is 99.5 cm³/mol. The van der Waals surface area contributed by atoms with E-state index in [0.29, 0.717) is 28.0 Å². The molecule has 1 aliphatic rings. The highest BCUT2D eigenvalue weighted by atomic mass is 35.5. The van der Waals surface area contributed by atoms with Crippen molar-refractivity contribution in [2.45, 2.75) is 19.8 Å². The summed E-state index contributed by atoms with van der Waals surface area (Å²) in [5.74, 6) is 0.492. The van der Waals surface area contributed by atoms with Crippen molar-refractivity contribution in [2.24, 2.45) is 4.99 Å². The molecule has 122 valence electrons. The first-order valence-electron chi connectivity index (χ1n) is 7.62. The predicted octanol–water partition coefficient (Wildman–Crippen LogP) is 4.80. The lowest BCUT2D eigenvalue weighted by atomic mass is 10.1. The van der Waals surface area contributed by atoms with Crippen LogP contribution in [0.25, 0.3) is 6.08 Å². The third-order valence-corrected chi connectivity index (χ3v) is 4.50. The number of hydrogen-bond acceptors (Lipinski definition) is 2. The Bertz CT molecular complexity index is 839. The van der Waals surface area contributed by atoms with Crippen LogP contribution in [0.15, 0.2) is 53.2 Å². The second-order valence-corrected chi connectivity index (χ2v) is 6.52. The van der Waals surface area contributed by atoms with Crippen molar-refractivity contribution in [2.75, 3.05) is 0 Å². The zero-order chi connectivity index (χ0) is 17.1. The number of rotatable bonds is 4. The second kappa shape index (κ2) is 7.20. The molecule has 0 aliphatic carbocycles. The van der Waals surface area contributed by atoms with Crippen molar-refractivity contribution in [3.63, 3.8) is 0 Å². The topological polar surface area (TPSA) is 41.5 Å². The Labute approximate surface area is 151 Å². The first kappa shape index (κ1) is 16.7. The van der Waals surface area contributed by atoms with Crippen molar-refractivity contribution < 1.29 is 4.79 Å². The maximum Gasteiger partial charge on any atom is 0.275 e. The summed E-state index contributed by atoms with van der Waals surface area (Å²) in [6.07, 6.45) is 3.23. The summed E-state index contributed by atoms with van der Waals surface area (Å²) in [5.41, 5.74) is 3.63. The molecule has 0 saturated heterocycles. The van der Waals surface area contributed by atoms with Crippen molar-refractivity contribution >= 4 is 41.0 Å². The molecule has 3 rings (SSSR count). The molecule has 2 aromatic rings. The van der Waals surface area contributed by atoms with E-state index in [4.69, 9.17) is 23.2 Å². The second-order valence-electron chi connectivity index (χ2n) is 5.70. The van der Waals surface area contributed by atoms with Crippen LogP contribution in [0, 0.1) is 6.92 Å². The van der Waals surface area contributed by atoms with E-state index in [9.17, 15) is 4.79 Å². The Kier molecular flexibility index (Phi) is 5.03. The highest BCUT2D eigenvalue weighted by Crippen LogP contribution is 2.24. The van der Waals surface area contributed by atoms with E-state index in [1.165, 1.54) is 11.1 Å². The number of nitrogens with zero attached hydrogens (tertiary/aromatic N) is 1. The van der Waals surface area contributed by atoms with Gasteiger partial charge in [-0.25, -0.2) is 4.99 Å². The minimum absolute atomic E-state index is 0.194. The zero-order valence-electron chi connectivity index (χ0n) is 13.1. The molecule has 0 aromatic heterocycles. The number of aryl methyl sites for hydroxylation is 2. The lowest BCUT2D eigenvalue weighted by Gasteiger charge is -2.02. The lowest BCUT2D eigenvalue weighted by Crippen LogP contribution is -2.24. The molecule has 24 heavy (non-hydrogen) atoms. The van der Waals surface area contributed by atoms with E-state index in [-0.39, 0.29) is 5.91 Å². The third kappa shape index (κ3) is 4.05. The monoisotopic (exact) mass is 358 g/mol. The van der Waals surface area contributed by atoms with Gasteiger partial charge in [-0.2, -0.15) is 0 Å². The summed E-state index contributed by atoms with van der Waals surface area (Å²) in [6, 6.07) is 13.6. The molecule has 0 atom stereocenters. The van der Waals surface area contributed by atoms with E-state index in [2.05, 4.69) is 41.5 Å². The largest absolute Gasteiger partial charge is 0.309 e. The van der Waals surface area contributed by atoms with Gasteiger partial charge in [0.15, 0.2) is 0 Å². The molecular weight excluding hydrogens is 343 g/mol. The fraction of sp³-hybridized carbons (Fsp3) is 0.158. The van der Waals surface area contributed by atoms with Gasteiger partial charge in [0.05, 0.1) is 10.0 Å². The summed E-state index contributed by atoms with van der Waals surface area (Å²) in [5, 5.41) is 3.75. The van der Waals surface area contributed by atoms with Crippen molar-refractivity contribution in [1.29, 1.82) is 0 Å². The molecule has 1 aliphatic heterocycles. The number of carbonyl (C=O) groups is 1. The van der Waals surface area contributed by atoms with E-state index in [1.807, 2.05) is 0 Å². The van der Waals surface area contributed by atoms with Crippen LogP contribution in [0.4, 0.5) is 0 Å². The van der Waals surface area contributed by atoms with E-state index < -0.39 is 0 Å². The van der Waals surface area contributed by atoms with Gasteiger partial charge >= 0.3 is 0 Å². The van der Waals surface area contributed by atoms with Gasteiger partial charge in [-0.15, -0.1) is 0 Å². The summed E-state index contributed by atoms with van der Waals surface area (Å²) in [6.45, 7) is 2.06. The third-order valence-electron chi connectivity index (χ3n) is 3.76. The summed E-state index contributed by atoms with van der Waals surface area (Å²) in [7, 11) is 0. The van der Waals surface area contributed by atoms with Crippen molar-refractivity contribution in [1.82, 2.24) is 5.32 Å².